The maximum absolute atomic E-state index is 12.5. The molecule has 0 bridgehead atoms. The standard InChI is InChI=1S/C17H22N2O2/c1-3-19-15(20)10-14(17(21)18-12-8-9-12)16(19)13-7-5-4-6-11(13)2/h4-7,12,14,16H,3,8-10H2,1-2H3,(H,18,21)/t14-,16+/m1/s1. The van der Waals surface area contributed by atoms with Crippen LogP contribution in [-0.2, 0) is 9.59 Å². The Morgan fingerprint density at radius 1 is 1.33 bits per heavy atom. The number of aryl methyl sites for hydroxylation is 1. The Balaban J connectivity index is 1.92. The van der Waals surface area contributed by atoms with Crippen molar-refractivity contribution >= 4 is 11.8 Å². The molecule has 2 fully saturated rings. The number of benzene rings is 1. The third-order valence-electron chi connectivity index (χ3n) is 4.54. The summed E-state index contributed by atoms with van der Waals surface area (Å²) in [5, 5.41) is 3.06. The molecule has 112 valence electrons. The van der Waals surface area contributed by atoms with Crippen LogP contribution in [0, 0.1) is 12.8 Å². The molecule has 1 heterocycles. The molecule has 1 saturated carbocycles. The molecule has 0 radical (unpaired) electrons. The minimum Gasteiger partial charge on any atom is -0.353 e. The Morgan fingerprint density at radius 3 is 2.67 bits per heavy atom. The minimum absolute atomic E-state index is 0.0371. The van der Waals surface area contributed by atoms with Gasteiger partial charge in [-0.2, -0.15) is 0 Å². The predicted molar refractivity (Wildman–Crippen MR) is 80.6 cm³/mol. The van der Waals surface area contributed by atoms with Gasteiger partial charge in [-0.15, -0.1) is 0 Å². The maximum Gasteiger partial charge on any atom is 0.226 e. The van der Waals surface area contributed by atoms with Crippen molar-refractivity contribution in [1.29, 1.82) is 0 Å². The number of rotatable bonds is 4. The fourth-order valence-electron chi connectivity index (χ4n) is 3.24. The van der Waals surface area contributed by atoms with Crippen LogP contribution >= 0.6 is 0 Å². The summed E-state index contributed by atoms with van der Waals surface area (Å²) in [5.74, 6) is -0.143. The van der Waals surface area contributed by atoms with Crippen molar-refractivity contribution in [3.63, 3.8) is 0 Å². The topological polar surface area (TPSA) is 49.4 Å². The number of amides is 2. The highest BCUT2D eigenvalue weighted by molar-refractivity contribution is 5.90. The van der Waals surface area contributed by atoms with Gasteiger partial charge in [-0.25, -0.2) is 0 Å². The molecule has 1 aliphatic carbocycles. The normalized spacial score (nSPS) is 25.2. The van der Waals surface area contributed by atoms with Crippen molar-refractivity contribution in [2.45, 2.75) is 45.2 Å². The van der Waals surface area contributed by atoms with Crippen molar-refractivity contribution in [1.82, 2.24) is 10.2 Å². The van der Waals surface area contributed by atoms with E-state index in [1.54, 1.807) is 0 Å². The lowest BCUT2D eigenvalue weighted by molar-refractivity contribution is -0.129. The summed E-state index contributed by atoms with van der Waals surface area (Å²) >= 11 is 0. The Bertz CT molecular complexity index is 566. The predicted octanol–water partition coefficient (Wildman–Crippen LogP) is 2.18. The van der Waals surface area contributed by atoms with Crippen molar-refractivity contribution in [2.75, 3.05) is 6.54 Å². The van der Waals surface area contributed by atoms with Gasteiger partial charge in [0.2, 0.25) is 11.8 Å². The molecule has 21 heavy (non-hydrogen) atoms. The van der Waals surface area contributed by atoms with E-state index >= 15 is 0 Å². The van der Waals surface area contributed by atoms with Crippen LogP contribution in [0.15, 0.2) is 24.3 Å². The van der Waals surface area contributed by atoms with E-state index in [0.29, 0.717) is 19.0 Å². The number of hydrogen-bond acceptors (Lipinski definition) is 2. The molecular weight excluding hydrogens is 264 g/mol. The van der Waals surface area contributed by atoms with Gasteiger partial charge in [0.25, 0.3) is 0 Å². The molecule has 0 unspecified atom stereocenters. The lowest BCUT2D eigenvalue weighted by Gasteiger charge is -2.28. The second-order valence-corrected chi connectivity index (χ2v) is 6.07. The van der Waals surface area contributed by atoms with Crippen molar-refractivity contribution in [2.24, 2.45) is 5.92 Å². The van der Waals surface area contributed by atoms with E-state index in [1.165, 1.54) is 0 Å². The van der Waals surface area contributed by atoms with Crippen LogP contribution in [0.4, 0.5) is 0 Å². The monoisotopic (exact) mass is 286 g/mol. The number of carbonyl (C=O) groups excluding carboxylic acids is 2. The molecule has 1 aromatic rings. The number of nitrogens with zero attached hydrogens (tertiary/aromatic N) is 1. The first-order valence-corrected chi connectivity index (χ1v) is 7.77. The summed E-state index contributed by atoms with van der Waals surface area (Å²) in [7, 11) is 0. The summed E-state index contributed by atoms with van der Waals surface area (Å²) in [5.41, 5.74) is 2.24. The van der Waals surface area contributed by atoms with Crippen molar-refractivity contribution in [3.05, 3.63) is 35.4 Å². The first-order chi connectivity index (χ1) is 10.1. The van der Waals surface area contributed by atoms with E-state index < -0.39 is 0 Å². The summed E-state index contributed by atoms with van der Waals surface area (Å²) in [6.45, 7) is 4.66. The average molecular weight is 286 g/mol. The van der Waals surface area contributed by atoms with E-state index in [1.807, 2.05) is 43.0 Å². The van der Waals surface area contributed by atoms with Crippen molar-refractivity contribution < 1.29 is 9.59 Å². The van der Waals surface area contributed by atoms with Gasteiger partial charge in [-0.3, -0.25) is 9.59 Å². The first-order valence-electron chi connectivity index (χ1n) is 7.77. The third-order valence-corrected chi connectivity index (χ3v) is 4.54. The molecule has 1 N–H and O–H groups in total. The van der Waals surface area contributed by atoms with Crippen LogP contribution in [0.25, 0.3) is 0 Å². The van der Waals surface area contributed by atoms with Crippen LogP contribution in [-0.4, -0.2) is 29.3 Å². The first kappa shape index (κ1) is 14.1. The number of carbonyl (C=O) groups is 2. The highest BCUT2D eigenvalue weighted by Gasteiger charge is 2.45. The Morgan fingerprint density at radius 2 is 2.05 bits per heavy atom. The molecule has 1 saturated heterocycles. The van der Waals surface area contributed by atoms with Gasteiger partial charge in [0.15, 0.2) is 0 Å². The number of likely N-dealkylation sites (tertiary alicyclic amines) is 1. The van der Waals surface area contributed by atoms with Crippen LogP contribution in [0.3, 0.4) is 0 Å². The van der Waals surface area contributed by atoms with Gasteiger partial charge in [0, 0.05) is 19.0 Å². The van der Waals surface area contributed by atoms with E-state index in [-0.39, 0.29) is 23.8 Å². The summed E-state index contributed by atoms with van der Waals surface area (Å²) in [6, 6.07) is 8.27. The number of hydrogen-bond donors (Lipinski definition) is 1. The van der Waals surface area contributed by atoms with Gasteiger partial charge in [0.05, 0.1) is 12.0 Å². The zero-order valence-electron chi connectivity index (χ0n) is 12.6. The largest absolute Gasteiger partial charge is 0.353 e. The van der Waals surface area contributed by atoms with Crippen LogP contribution < -0.4 is 5.32 Å². The molecule has 4 heteroatoms. The number of nitrogens with one attached hydrogen (secondary N) is 1. The summed E-state index contributed by atoms with van der Waals surface area (Å²) in [6.07, 6.45) is 2.46. The fraction of sp³-hybridized carbons (Fsp3) is 0.529. The van der Waals surface area contributed by atoms with E-state index in [4.69, 9.17) is 0 Å². The van der Waals surface area contributed by atoms with Gasteiger partial charge in [0.1, 0.15) is 0 Å². The molecule has 0 spiro atoms. The minimum atomic E-state index is -0.265. The second kappa shape index (κ2) is 5.51. The molecule has 2 amide bonds. The maximum atomic E-state index is 12.5. The van der Waals surface area contributed by atoms with Crippen molar-refractivity contribution in [3.8, 4) is 0 Å². The molecule has 4 nitrogen and oxygen atoms in total. The Hall–Kier alpha value is -1.84. The molecule has 1 aromatic carbocycles. The molecule has 3 rings (SSSR count). The van der Waals surface area contributed by atoms with E-state index in [0.717, 1.165) is 24.0 Å². The average Bonchev–Trinajstić information content (AvgIpc) is 3.21. The Kier molecular flexibility index (Phi) is 3.70. The lowest BCUT2D eigenvalue weighted by Crippen LogP contribution is -2.36. The van der Waals surface area contributed by atoms with E-state index in [9.17, 15) is 9.59 Å². The van der Waals surface area contributed by atoms with Crippen LogP contribution in [0.5, 0.6) is 0 Å². The van der Waals surface area contributed by atoms with Gasteiger partial charge < -0.3 is 10.2 Å². The highest BCUT2D eigenvalue weighted by atomic mass is 16.2. The third kappa shape index (κ3) is 2.67. The zero-order chi connectivity index (χ0) is 15.0. The summed E-state index contributed by atoms with van der Waals surface area (Å²) < 4.78 is 0. The smallest absolute Gasteiger partial charge is 0.226 e. The van der Waals surface area contributed by atoms with Gasteiger partial charge >= 0.3 is 0 Å². The molecule has 2 atom stereocenters. The van der Waals surface area contributed by atoms with Gasteiger partial charge in [-0.05, 0) is 37.8 Å². The Labute approximate surface area is 125 Å². The molecular formula is C17H22N2O2. The second-order valence-electron chi connectivity index (χ2n) is 6.07. The van der Waals surface area contributed by atoms with Gasteiger partial charge in [-0.1, -0.05) is 24.3 Å². The summed E-state index contributed by atoms with van der Waals surface area (Å²) in [4.78, 5) is 26.6. The lowest BCUT2D eigenvalue weighted by atomic mass is 9.90. The SMILES string of the molecule is CCN1C(=O)C[C@@H](C(=O)NC2CC2)[C@@H]1c1ccccc1C. The van der Waals surface area contributed by atoms with E-state index in [2.05, 4.69) is 5.32 Å². The molecule has 0 aromatic heterocycles. The molecule has 1 aliphatic heterocycles. The zero-order valence-corrected chi connectivity index (χ0v) is 12.6. The highest BCUT2D eigenvalue weighted by Crippen LogP contribution is 2.39. The van der Waals surface area contributed by atoms with Crippen LogP contribution in [0.1, 0.15) is 43.4 Å². The molecule has 2 aliphatic rings. The quantitative estimate of drug-likeness (QED) is 0.922. The fourth-order valence-corrected chi connectivity index (χ4v) is 3.24. The van der Waals surface area contributed by atoms with Crippen LogP contribution in [0.2, 0.25) is 0 Å².